The molecule has 0 aliphatic carbocycles. The highest BCUT2D eigenvalue weighted by molar-refractivity contribution is 7.98. The van der Waals surface area contributed by atoms with Gasteiger partial charge in [0.15, 0.2) is 0 Å². The van der Waals surface area contributed by atoms with E-state index in [1.807, 2.05) is 11.8 Å². The third-order valence-corrected chi connectivity index (χ3v) is 8.34. The van der Waals surface area contributed by atoms with Crippen molar-refractivity contribution in [1.82, 2.24) is 9.62 Å². The first-order valence-electron chi connectivity index (χ1n) is 9.50. The number of ether oxygens (including phenoxy) is 2. The monoisotopic (exact) mass is 412 g/mol. The Balaban J connectivity index is 1.44. The molecule has 3 aliphatic heterocycles. The molecule has 6 nitrogen and oxygen atoms in total. The van der Waals surface area contributed by atoms with Crippen molar-refractivity contribution in [1.29, 1.82) is 0 Å². The van der Waals surface area contributed by atoms with Gasteiger partial charge in [0.2, 0.25) is 10.0 Å². The minimum Gasteiger partial charge on any atom is -0.497 e. The fraction of sp³-hybridized carbons (Fsp3) is 0.684. The Kier molecular flexibility index (Phi) is 5.46. The average Bonchev–Trinajstić information content (AvgIpc) is 3.32. The summed E-state index contributed by atoms with van der Waals surface area (Å²) in [5, 5.41) is 0. The van der Waals surface area contributed by atoms with Crippen molar-refractivity contribution >= 4 is 21.8 Å². The highest BCUT2D eigenvalue weighted by Crippen LogP contribution is 2.54. The minimum absolute atomic E-state index is 0.0465. The standard InChI is InChI=1S/C19H28N2O4S2/c1-24-14-4-3-5-15(10-14)27(22,23)20-11-16-17-12-21(8-9-26-2)13-19(17)7-6-18(16)25-19/h3-5,10,16-18,20H,6-9,11-13H2,1-2H3/t16-,17+,18+,19+/m0/s1. The number of nitrogens with one attached hydrogen (secondary N) is 1. The molecule has 1 aromatic rings. The predicted octanol–water partition coefficient (Wildman–Crippen LogP) is 1.82. The largest absolute Gasteiger partial charge is 0.497 e. The van der Waals surface area contributed by atoms with Crippen molar-refractivity contribution in [2.75, 3.05) is 45.3 Å². The van der Waals surface area contributed by atoms with Gasteiger partial charge in [-0.15, -0.1) is 0 Å². The lowest BCUT2D eigenvalue weighted by Gasteiger charge is -2.29. The summed E-state index contributed by atoms with van der Waals surface area (Å²) < 4.78 is 39.9. The number of likely N-dealkylation sites (tertiary alicyclic amines) is 1. The summed E-state index contributed by atoms with van der Waals surface area (Å²) in [6.07, 6.45) is 4.47. The van der Waals surface area contributed by atoms with Gasteiger partial charge in [0.25, 0.3) is 0 Å². The molecule has 4 atom stereocenters. The van der Waals surface area contributed by atoms with Crippen LogP contribution in [0.15, 0.2) is 29.2 Å². The average molecular weight is 413 g/mol. The lowest BCUT2D eigenvalue weighted by Crippen LogP contribution is -2.41. The highest BCUT2D eigenvalue weighted by atomic mass is 32.2. The van der Waals surface area contributed by atoms with E-state index in [4.69, 9.17) is 9.47 Å². The van der Waals surface area contributed by atoms with E-state index in [9.17, 15) is 8.42 Å². The second-order valence-corrected chi connectivity index (χ2v) is 10.5. The predicted molar refractivity (Wildman–Crippen MR) is 107 cm³/mol. The summed E-state index contributed by atoms with van der Waals surface area (Å²) in [6, 6.07) is 6.60. The molecule has 27 heavy (non-hydrogen) atoms. The second kappa shape index (κ2) is 7.55. The molecule has 2 bridgehead atoms. The number of sulfonamides is 1. The van der Waals surface area contributed by atoms with Gasteiger partial charge >= 0.3 is 0 Å². The van der Waals surface area contributed by atoms with Crippen LogP contribution < -0.4 is 9.46 Å². The zero-order valence-electron chi connectivity index (χ0n) is 15.9. The van der Waals surface area contributed by atoms with Gasteiger partial charge in [-0.05, 0) is 31.2 Å². The molecule has 3 aliphatic rings. The van der Waals surface area contributed by atoms with Crippen LogP contribution in [-0.4, -0.2) is 70.3 Å². The molecule has 0 unspecified atom stereocenters. The SMILES string of the molecule is COc1cccc(S(=O)(=O)NC[C@H]2[C@H]3CN(CCSC)C[C@]34CC[C@H]2O4)c1. The zero-order chi connectivity index (χ0) is 19.1. The van der Waals surface area contributed by atoms with Crippen LogP contribution in [0.2, 0.25) is 0 Å². The van der Waals surface area contributed by atoms with Crippen LogP contribution in [0, 0.1) is 11.8 Å². The Morgan fingerprint density at radius 3 is 3.07 bits per heavy atom. The zero-order valence-corrected chi connectivity index (χ0v) is 17.5. The molecular formula is C19H28N2O4S2. The summed E-state index contributed by atoms with van der Waals surface area (Å²) in [5.41, 5.74) is -0.0465. The van der Waals surface area contributed by atoms with Crippen molar-refractivity contribution in [2.45, 2.75) is 29.4 Å². The van der Waals surface area contributed by atoms with E-state index in [0.717, 1.165) is 38.2 Å². The highest BCUT2D eigenvalue weighted by Gasteiger charge is 2.62. The second-order valence-electron chi connectivity index (χ2n) is 7.79. The molecule has 0 radical (unpaired) electrons. The van der Waals surface area contributed by atoms with E-state index in [2.05, 4.69) is 15.9 Å². The normalized spacial score (nSPS) is 32.7. The topological polar surface area (TPSA) is 67.9 Å². The quantitative estimate of drug-likeness (QED) is 0.703. The van der Waals surface area contributed by atoms with Gasteiger partial charge in [-0.1, -0.05) is 6.07 Å². The Morgan fingerprint density at radius 1 is 1.44 bits per heavy atom. The van der Waals surface area contributed by atoms with E-state index in [0.29, 0.717) is 18.2 Å². The first kappa shape index (κ1) is 19.5. The van der Waals surface area contributed by atoms with Crippen LogP contribution in [0.3, 0.4) is 0 Å². The van der Waals surface area contributed by atoms with Crippen LogP contribution in [0.5, 0.6) is 5.75 Å². The van der Waals surface area contributed by atoms with Crippen molar-refractivity contribution in [2.24, 2.45) is 11.8 Å². The van der Waals surface area contributed by atoms with Gasteiger partial charge in [-0.2, -0.15) is 11.8 Å². The molecule has 3 fully saturated rings. The van der Waals surface area contributed by atoms with E-state index >= 15 is 0 Å². The van der Waals surface area contributed by atoms with E-state index in [1.165, 1.54) is 7.11 Å². The van der Waals surface area contributed by atoms with Crippen LogP contribution in [0.1, 0.15) is 12.8 Å². The Hall–Kier alpha value is -0.800. The van der Waals surface area contributed by atoms with Gasteiger partial charge in [0.05, 0.1) is 23.7 Å². The number of benzene rings is 1. The van der Waals surface area contributed by atoms with Crippen LogP contribution in [0.25, 0.3) is 0 Å². The van der Waals surface area contributed by atoms with Crippen molar-refractivity contribution in [3.05, 3.63) is 24.3 Å². The molecule has 1 spiro atoms. The number of hydrogen-bond donors (Lipinski definition) is 1. The third-order valence-electron chi connectivity index (χ3n) is 6.33. The van der Waals surface area contributed by atoms with E-state index in [1.54, 1.807) is 24.3 Å². The van der Waals surface area contributed by atoms with E-state index in [-0.39, 0.29) is 22.5 Å². The van der Waals surface area contributed by atoms with Gasteiger partial charge in [-0.3, -0.25) is 4.90 Å². The van der Waals surface area contributed by atoms with E-state index < -0.39 is 10.0 Å². The summed E-state index contributed by atoms with van der Waals surface area (Å²) in [6.45, 7) is 3.53. The summed E-state index contributed by atoms with van der Waals surface area (Å²) in [7, 11) is -2.02. The van der Waals surface area contributed by atoms with Crippen LogP contribution in [0.4, 0.5) is 0 Å². The molecule has 1 aromatic carbocycles. The summed E-state index contributed by atoms with van der Waals surface area (Å²) in [4.78, 5) is 2.74. The number of fused-ring (bicyclic) bond motifs is 1. The molecule has 8 heteroatoms. The molecule has 1 N–H and O–H groups in total. The maximum absolute atomic E-state index is 12.7. The lowest BCUT2D eigenvalue weighted by atomic mass is 9.74. The smallest absolute Gasteiger partial charge is 0.240 e. The first-order valence-corrected chi connectivity index (χ1v) is 12.4. The van der Waals surface area contributed by atoms with Crippen molar-refractivity contribution < 1.29 is 17.9 Å². The lowest BCUT2D eigenvalue weighted by molar-refractivity contribution is 0.00333. The number of rotatable bonds is 8. The third kappa shape index (κ3) is 3.62. The van der Waals surface area contributed by atoms with Gasteiger partial charge in [-0.25, -0.2) is 13.1 Å². The Morgan fingerprint density at radius 2 is 2.30 bits per heavy atom. The van der Waals surface area contributed by atoms with Crippen LogP contribution >= 0.6 is 11.8 Å². The molecule has 150 valence electrons. The molecule has 3 saturated heterocycles. The maximum atomic E-state index is 12.7. The van der Waals surface area contributed by atoms with Gasteiger partial charge in [0.1, 0.15) is 5.75 Å². The molecular weight excluding hydrogens is 384 g/mol. The number of nitrogens with zero attached hydrogens (tertiary/aromatic N) is 1. The van der Waals surface area contributed by atoms with Crippen molar-refractivity contribution in [3.8, 4) is 5.75 Å². The number of hydrogen-bond acceptors (Lipinski definition) is 6. The number of thioether (sulfide) groups is 1. The first-order chi connectivity index (χ1) is 13.0. The van der Waals surface area contributed by atoms with Gasteiger partial charge < -0.3 is 9.47 Å². The molecule has 4 rings (SSSR count). The molecule has 0 aromatic heterocycles. The minimum atomic E-state index is -3.56. The molecule has 3 heterocycles. The summed E-state index contributed by atoms with van der Waals surface area (Å²) >= 11 is 1.86. The fourth-order valence-electron chi connectivity index (χ4n) is 5.01. The van der Waals surface area contributed by atoms with Crippen LogP contribution in [-0.2, 0) is 14.8 Å². The van der Waals surface area contributed by atoms with Gasteiger partial charge in [0, 0.05) is 49.8 Å². The molecule has 0 saturated carbocycles. The maximum Gasteiger partial charge on any atom is 0.240 e. The van der Waals surface area contributed by atoms with Crippen molar-refractivity contribution in [3.63, 3.8) is 0 Å². The Labute approximate surface area is 166 Å². The molecule has 0 amide bonds. The number of methoxy groups -OCH3 is 1. The Bertz CT molecular complexity index is 788. The summed E-state index contributed by atoms with van der Waals surface area (Å²) in [5.74, 6) is 2.34. The fourth-order valence-corrected chi connectivity index (χ4v) is 6.56.